The number of benzene rings is 3. The molecule has 2 aliphatic rings. The van der Waals surface area contributed by atoms with Gasteiger partial charge in [0.15, 0.2) is 0 Å². The highest BCUT2D eigenvalue weighted by Crippen LogP contribution is 2.50. The van der Waals surface area contributed by atoms with Gasteiger partial charge in [0.2, 0.25) is 0 Å². The quantitative estimate of drug-likeness (QED) is 0.377. The molecule has 0 unspecified atom stereocenters. The van der Waals surface area contributed by atoms with Crippen molar-refractivity contribution in [2.45, 2.75) is 45.6 Å². The Bertz CT molecular complexity index is 1340. The molecule has 0 spiro atoms. The molecule has 0 saturated carbocycles. The number of aliphatic imine (C=N–C) groups is 2. The average Bonchev–Trinajstić information content (AvgIpc) is 3.36. The van der Waals surface area contributed by atoms with Crippen molar-refractivity contribution < 1.29 is 0 Å². The van der Waals surface area contributed by atoms with E-state index in [1.54, 1.807) is 0 Å². The third-order valence-electron chi connectivity index (χ3n) is 6.21. The highest BCUT2D eigenvalue weighted by molar-refractivity contribution is 6.19. The Balaban J connectivity index is 1.18. The molecule has 2 aliphatic carbocycles. The molecule has 176 valence electrons. The summed E-state index contributed by atoms with van der Waals surface area (Å²) in [6, 6.07) is 23.1. The molecule has 0 fully saturated rings. The van der Waals surface area contributed by atoms with Crippen molar-refractivity contribution in [3.8, 4) is 0 Å². The predicted molar refractivity (Wildman–Crippen MR) is 151 cm³/mol. The van der Waals surface area contributed by atoms with Crippen molar-refractivity contribution in [2.75, 3.05) is 10.6 Å². The number of hydrogen-bond donors (Lipinski definition) is 2. The number of nitrogens with zero attached hydrogens (tertiary/aromatic N) is 2. The molecule has 4 heteroatoms. The largest absolute Gasteiger partial charge is 0.356 e. The summed E-state index contributed by atoms with van der Waals surface area (Å²) in [6.07, 6.45) is 8.04. The number of fused-ring (bicyclic) bond motifs is 1. The number of nitrogens with one attached hydrogen (secondary N) is 2. The van der Waals surface area contributed by atoms with Gasteiger partial charge in [0.05, 0.1) is 22.6 Å². The Kier molecular flexibility index (Phi) is 5.68. The van der Waals surface area contributed by atoms with E-state index in [0.717, 1.165) is 39.9 Å². The van der Waals surface area contributed by atoms with Gasteiger partial charge in [-0.15, -0.1) is 0 Å². The first-order chi connectivity index (χ1) is 16.7. The first-order valence-corrected chi connectivity index (χ1v) is 12.1. The fraction of sp³-hybridized carbons (Fsp3) is 0.226. The lowest BCUT2D eigenvalue weighted by atomic mass is 10.1. The second kappa shape index (κ2) is 8.70. The van der Waals surface area contributed by atoms with Crippen LogP contribution in [-0.2, 0) is 5.41 Å². The van der Waals surface area contributed by atoms with E-state index in [9.17, 15) is 0 Å². The van der Waals surface area contributed by atoms with Crippen LogP contribution < -0.4 is 10.6 Å². The van der Waals surface area contributed by atoms with Gasteiger partial charge in [-0.1, -0.05) is 19.9 Å². The summed E-state index contributed by atoms with van der Waals surface area (Å²) >= 11 is 0. The molecule has 5 rings (SSSR count). The molecule has 0 bridgehead atoms. The van der Waals surface area contributed by atoms with Gasteiger partial charge in [0.1, 0.15) is 0 Å². The Labute approximate surface area is 208 Å². The minimum absolute atomic E-state index is 0.0846. The lowest BCUT2D eigenvalue weighted by Gasteiger charge is -2.14. The third-order valence-corrected chi connectivity index (χ3v) is 6.21. The average molecular weight is 461 g/mol. The fourth-order valence-electron chi connectivity index (χ4n) is 4.27. The summed E-state index contributed by atoms with van der Waals surface area (Å²) in [6.45, 7) is 10.8. The summed E-state index contributed by atoms with van der Waals surface area (Å²) in [5.74, 6) is 0. The molecule has 4 nitrogen and oxygen atoms in total. The maximum atomic E-state index is 4.72. The lowest BCUT2D eigenvalue weighted by Crippen LogP contribution is -2.13. The van der Waals surface area contributed by atoms with E-state index in [0.29, 0.717) is 0 Å². The van der Waals surface area contributed by atoms with E-state index in [4.69, 9.17) is 4.99 Å². The minimum atomic E-state index is -0.0846. The summed E-state index contributed by atoms with van der Waals surface area (Å²) < 4.78 is 0. The zero-order chi connectivity index (χ0) is 24.6. The van der Waals surface area contributed by atoms with Gasteiger partial charge < -0.3 is 10.6 Å². The standard InChI is InChI=1S/C31H32N4/c1-30(2,3)35-26-16-14-24(15-17-26)33-22-8-6-21(7-9-22)32-23-10-12-25(13-11-23)34-27-18-19-28-29(20-27)31(28,4)5/h6-20,32,34H,1-5H3. The molecule has 0 amide bonds. The highest BCUT2D eigenvalue weighted by atomic mass is 14.9. The highest BCUT2D eigenvalue weighted by Gasteiger charge is 2.41. The van der Waals surface area contributed by atoms with Gasteiger partial charge in [-0.05, 0) is 117 Å². The molecule has 0 radical (unpaired) electrons. The van der Waals surface area contributed by atoms with Crippen LogP contribution in [0.25, 0.3) is 0 Å². The summed E-state index contributed by atoms with van der Waals surface area (Å²) in [7, 11) is 0. The minimum Gasteiger partial charge on any atom is -0.356 e. The molecule has 0 aliphatic heterocycles. The van der Waals surface area contributed by atoms with E-state index < -0.39 is 0 Å². The molecule has 0 heterocycles. The van der Waals surface area contributed by atoms with Gasteiger partial charge in [0, 0.05) is 28.2 Å². The predicted octanol–water partition coefficient (Wildman–Crippen LogP) is 8.25. The van der Waals surface area contributed by atoms with Crippen molar-refractivity contribution in [1.29, 1.82) is 0 Å². The molecule has 2 N–H and O–H groups in total. The van der Waals surface area contributed by atoms with Crippen molar-refractivity contribution in [1.82, 2.24) is 0 Å². The van der Waals surface area contributed by atoms with Crippen molar-refractivity contribution >= 4 is 39.9 Å². The van der Waals surface area contributed by atoms with E-state index in [1.807, 2.05) is 36.4 Å². The van der Waals surface area contributed by atoms with Gasteiger partial charge >= 0.3 is 0 Å². The molecule has 35 heavy (non-hydrogen) atoms. The van der Waals surface area contributed by atoms with Crippen LogP contribution in [0.15, 0.2) is 101 Å². The maximum absolute atomic E-state index is 4.72. The van der Waals surface area contributed by atoms with Gasteiger partial charge in [-0.25, -0.2) is 4.99 Å². The van der Waals surface area contributed by atoms with Crippen molar-refractivity contribution in [3.63, 3.8) is 0 Å². The molecule has 3 aromatic rings. The molecule has 3 aromatic carbocycles. The SMILES string of the molecule is CC(C)(C)N=C1C=CC(=Nc2ccc(Nc3ccc(Nc4ccc5c(c4)C5(C)C)cc3)cc2)C=C1. The first kappa shape index (κ1) is 22.9. The van der Waals surface area contributed by atoms with Crippen molar-refractivity contribution in [2.24, 2.45) is 9.98 Å². The normalized spacial score (nSPS) is 15.5. The Hall–Kier alpha value is -3.92. The fourth-order valence-corrected chi connectivity index (χ4v) is 4.27. The van der Waals surface area contributed by atoms with Crippen molar-refractivity contribution in [3.05, 3.63) is 102 Å². The second-order valence-electron chi connectivity index (χ2n) is 10.7. The van der Waals surface area contributed by atoms with Gasteiger partial charge in [0.25, 0.3) is 0 Å². The molecular weight excluding hydrogens is 428 g/mol. The van der Waals surface area contributed by atoms with Gasteiger partial charge in [-0.2, -0.15) is 0 Å². The van der Waals surface area contributed by atoms with Crippen LogP contribution in [0.5, 0.6) is 0 Å². The maximum Gasteiger partial charge on any atom is 0.0638 e. The van der Waals surface area contributed by atoms with Crippen LogP contribution >= 0.6 is 0 Å². The number of allylic oxidation sites excluding steroid dienone is 4. The number of rotatable bonds is 5. The lowest BCUT2D eigenvalue weighted by molar-refractivity contribution is 0.585. The van der Waals surface area contributed by atoms with Crippen LogP contribution in [-0.4, -0.2) is 17.0 Å². The molecular formula is C31H32N4. The van der Waals surface area contributed by atoms with Crippen LogP contribution in [0.1, 0.15) is 45.7 Å². The monoisotopic (exact) mass is 460 g/mol. The number of anilines is 4. The first-order valence-electron chi connectivity index (χ1n) is 12.1. The van der Waals surface area contributed by atoms with E-state index in [2.05, 4.69) is 105 Å². The zero-order valence-corrected chi connectivity index (χ0v) is 21.1. The summed E-state index contributed by atoms with van der Waals surface area (Å²) in [4.78, 5) is 9.39. The van der Waals surface area contributed by atoms with Gasteiger partial charge in [-0.3, -0.25) is 4.99 Å². The molecule has 0 atom stereocenters. The van der Waals surface area contributed by atoms with Crippen LogP contribution in [0.3, 0.4) is 0 Å². The molecule has 0 aromatic heterocycles. The number of hydrogen-bond acceptors (Lipinski definition) is 4. The Morgan fingerprint density at radius 3 is 1.63 bits per heavy atom. The van der Waals surface area contributed by atoms with E-state index >= 15 is 0 Å². The Morgan fingerprint density at radius 1 is 0.600 bits per heavy atom. The summed E-state index contributed by atoms with van der Waals surface area (Å²) in [5, 5.41) is 6.97. The topological polar surface area (TPSA) is 48.8 Å². The zero-order valence-electron chi connectivity index (χ0n) is 21.1. The van der Waals surface area contributed by atoms with Crippen LogP contribution in [0, 0.1) is 0 Å². The van der Waals surface area contributed by atoms with E-state index in [1.165, 1.54) is 11.1 Å². The third kappa shape index (κ3) is 5.43. The van der Waals surface area contributed by atoms with Crippen LogP contribution in [0.2, 0.25) is 0 Å². The second-order valence-corrected chi connectivity index (χ2v) is 10.7. The molecule has 0 saturated heterocycles. The van der Waals surface area contributed by atoms with Crippen LogP contribution in [0.4, 0.5) is 28.4 Å². The smallest absolute Gasteiger partial charge is 0.0638 e. The Morgan fingerprint density at radius 2 is 1.09 bits per heavy atom. The summed E-state index contributed by atoms with van der Waals surface area (Å²) in [5.41, 5.74) is 10.1. The van der Waals surface area contributed by atoms with E-state index in [-0.39, 0.29) is 11.0 Å².